The molecule has 2 aromatic carbocycles. The molecular formula is C26H27N5O. The van der Waals surface area contributed by atoms with Crippen molar-refractivity contribution in [2.24, 2.45) is 10.7 Å². The van der Waals surface area contributed by atoms with Crippen LogP contribution in [0, 0.1) is 0 Å². The van der Waals surface area contributed by atoms with Gasteiger partial charge in [-0.15, -0.1) is 0 Å². The van der Waals surface area contributed by atoms with Crippen molar-refractivity contribution in [2.45, 2.75) is 6.54 Å². The highest BCUT2D eigenvalue weighted by molar-refractivity contribution is 5.88. The van der Waals surface area contributed by atoms with Crippen LogP contribution in [0.25, 0.3) is 16.8 Å². The predicted molar refractivity (Wildman–Crippen MR) is 132 cm³/mol. The minimum Gasteiger partial charge on any atom is -0.398 e. The molecule has 3 rings (SSSR count). The van der Waals surface area contributed by atoms with Crippen molar-refractivity contribution in [3.63, 3.8) is 0 Å². The maximum absolute atomic E-state index is 11.3. The molecule has 32 heavy (non-hydrogen) atoms. The molecule has 6 nitrogen and oxygen atoms in total. The van der Waals surface area contributed by atoms with Crippen molar-refractivity contribution < 1.29 is 4.79 Å². The number of nitrogens with zero attached hydrogens (tertiary/aromatic N) is 2. The number of aromatic nitrogens is 1. The SMILES string of the molecule is C=CC(=O)NCCNc1ccc(-c2ccccc2)cc1/C(N)=C/C=NCc1cccnc1. The van der Waals surface area contributed by atoms with Gasteiger partial charge in [-0.05, 0) is 47.0 Å². The molecule has 0 bridgehead atoms. The molecule has 0 aliphatic heterocycles. The van der Waals surface area contributed by atoms with E-state index in [1.54, 1.807) is 24.7 Å². The summed E-state index contributed by atoms with van der Waals surface area (Å²) in [6.07, 6.45) is 8.30. The lowest BCUT2D eigenvalue weighted by atomic mass is 10.00. The lowest BCUT2D eigenvalue weighted by molar-refractivity contribution is -0.116. The number of aliphatic imine (C=N–C) groups is 1. The quantitative estimate of drug-likeness (QED) is 0.260. The van der Waals surface area contributed by atoms with Crippen LogP contribution >= 0.6 is 0 Å². The van der Waals surface area contributed by atoms with Crippen LogP contribution in [0.15, 0.2) is 96.8 Å². The number of benzene rings is 2. The second kappa shape index (κ2) is 11.9. The molecule has 0 atom stereocenters. The molecule has 1 amide bonds. The Kier molecular flexibility index (Phi) is 8.34. The van der Waals surface area contributed by atoms with Crippen LogP contribution in [0.2, 0.25) is 0 Å². The third kappa shape index (κ3) is 6.67. The molecule has 0 saturated carbocycles. The Morgan fingerprint density at radius 3 is 2.66 bits per heavy atom. The average molecular weight is 426 g/mol. The van der Waals surface area contributed by atoms with Gasteiger partial charge in [-0.1, -0.05) is 49.0 Å². The summed E-state index contributed by atoms with van der Waals surface area (Å²) in [6, 6.07) is 20.1. The first-order chi connectivity index (χ1) is 15.7. The predicted octanol–water partition coefficient (Wildman–Crippen LogP) is 4.03. The third-order valence-corrected chi connectivity index (χ3v) is 4.72. The Morgan fingerprint density at radius 1 is 1.06 bits per heavy atom. The second-order valence-corrected chi connectivity index (χ2v) is 7.02. The van der Waals surface area contributed by atoms with Gasteiger partial charge in [0.05, 0.1) is 6.54 Å². The largest absolute Gasteiger partial charge is 0.398 e. The van der Waals surface area contributed by atoms with Crippen LogP contribution in [0.5, 0.6) is 0 Å². The zero-order valence-corrected chi connectivity index (χ0v) is 17.9. The first kappa shape index (κ1) is 22.5. The van der Waals surface area contributed by atoms with Crippen molar-refractivity contribution in [1.29, 1.82) is 0 Å². The number of hydrogen-bond acceptors (Lipinski definition) is 5. The summed E-state index contributed by atoms with van der Waals surface area (Å²) in [4.78, 5) is 19.9. The van der Waals surface area contributed by atoms with E-state index in [-0.39, 0.29) is 5.91 Å². The smallest absolute Gasteiger partial charge is 0.243 e. The molecule has 0 aliphatic carbocycles. The van der Waals surface area contributed by atoms with Crippen LogP contribution in [-0.4, -0.2) is 30.2 Å². The normalized spacial score (nSPS) is 11.3. The minimum absolute atomic E-state index is 0.198. The molecule has 0 spiro atoms. The van der Waals surface area contributed by atoms with E-state index < -0.39 is 0 Å². The van der Waals surface area contributed by atoms with Crippen molar-refractivity contribution in [3.05, 3.63) is 103 Å². The van der Waals surface area contributed by atoms with Crippen molar-refractivity contribution in [2.75, 3.05) is 18.4 Å². The number of allylic oxidation sites excluding steroid dienone is 1. The van der Waals surface area contributed by atoms with E-state index in [1.165, 1.54) is 6.08 Å². The number of anilines is 1. The average Bonchev–Trinajstić information content (AvgIpc) is 2.85. The maximum Gasteiger partial charge on any atom is 0.243 e. The Hall–Kier alpha value is -4.19. The van der Waals surface area contributed by atoms with Crippen LogP contribution < -0.4 is 16.4 Å². The van der Waals surface area contributed by atoms with E-state index in [2.05, 4.69) is 45.4 Å². The van der Waals surface area contributed by atoms with Gasteiger partial charge in [0, 0.05) is 48.6 Å². The summed E-state index contributed by atoms with van der Waals surface area (Å²) in [6.45, 7) is 5.02. The van der Waals surface area contributed by atoms with E-state index >= 15 is 0 Å². The van der Waals surface area contributed by atoms with Gasteiger partial charge in [0.1, 0.15) is 0 Å². The standard InChI is InChI=1S/C26H27N5O/c1-2-26(32)31-16-15-30-25-11-10-22(21-8-4-3-5-9-21)17-23(25)24(27)12-14-29-19-20-7-6-13-28-18-20/h2-14,17-18,30H,1,15-16,19,27H2,(H,31,32)/b24-12-,29-14?. The number of pyridine rings is 1. The fourth-order valence-electron chi connectivity index (χ4n) is 3.07. The Balaban J connectivity index is 1.78. The van der Waals surface area contributed by atoms with Gasteiger partial charge in [-0.2, -0.15) is 0 Å². The van der Waals surface area contributed by atoms with E-state index in [0.29, 0.717) is 25.3 Å². The number of carbonyl (C=O) groups excluding carboxylic acids is 1. The lowest BCUT2D eigenvalue weighted by Gasteiger charge is -2.14. The Bertz CT molecular complexity index is 1090. The molecule has 0 fully saturated rings. The number of nitrogens with one attached hydrogen (secondary N) is 2. The molecule has 3 aromatic rings. The molecule has 0 aliphatic rings. The summed E-state index contributed by atoms with van der Waals surface area (Å²) in [5, 5.41) is 6.10. The zero-order chi connectivity index (χ0) is 22.6. The summed E-state index contributed by atoms with van der Waals surface area (Å²) in [5.74, 6) is -0.198. The van der Waals surface area contributed by atoms with Crippen LogP contribution in [0.3, 0.4) is 0 Å². The van der Waals surface area contributed by atoms with Gasteiger partial charge in [0.2, 0.25) is 5.91 Å². The summed E-state index contributed by atoms with van der Waals surface area (Å²) in [7, 11) is 0. The van der Waals surface area contributed by atoms with Crippen molar-refractivity contribution in [1.82, 2.24) is 10.3 Å². The van der Waals surface area contributed by atoms with Gasteiger partial charge < -0.3 is 16.4 Å². The third-order valence-electron chi connectivity index (χ3n) is 4.72. The molecule has 1 heterocycles. The lowest BCUT2D eigenvalue weighted by Crippen LogP contribution is -2.27. The molecule has 0 unspecified atom stereocenters. The van der Waals surface area contributed by atoms with Gasteiger partial charge in [-0.3, -0.25) is 14.8 Å². The van der Waals surface area contributed by atoms with E-state index in [1.807, 2.05) is 42.5 Å². The van der Waals surface area contributed by atoms with Gasteiger partial charge in [0.25, 0.3) is 0 Å². The first-order valence-corrected chi connectivity index (χ1v) is 10.4. The summed E-state index contributed by atoms with van der Waals surface area (Å²) >= 11 is 0. The van der Waals surface area contributed by atoms with E-state index in [9.17, 15) is 4.79 Å². The monoisotopic (exact) mass is 425 g/mol. The molecule has 4 N–H and O–H groups in total. The fraction of sp³-hybridized carbons (Fsp3) is 0.115. The number of carbonyl (C=O) groups is 1. The Labute approximate surface area is 188 Å². The van der Waals surface area contributed by atoms with Crippen LogP contribution in [0.4, 0.5) is 5.69 Å². The number of hydrogen-bond donors (Lipinski definition) is 3. The van der Waals surface area contributed by atoms with Crippen molar-refractivity contribution >= 4 is 23.5 Å². The number of amides is 1. The first-order valence-electron chi connectivity index (χ1n) is 10.4. The van der Waals surface area contributed by atoms with Crippen LogP contribution in [0.1, 0.15) is 11.1 Å². The molecule has 0 radical (unpaired) electrons. The molecular weight excluding hydrogens is 398 g/mol. The van der Waals surface area contributed by atoms with Gasteiger partial charge in [-0.25, -0.2) is 0 Å². The number of rotatable bonds is 10. The Morgan fingerprint density at radius 2 is 1.91 bits per heavy atom. The fourth-order valence-corrected chi connectivity index (χ4v) is 3.07. The van der Waals surface area contributed by atoms with Gasteiger partial charge in [0.15, 0.2) is 0 Å². The minimum atomic E-state index is -0.198. The highest BCUT2D eigenvalue weighted by atomic mass is 16.1. The van der Waals surface area contributed by atoms with Gasteiger partial charge >= 0.3 is 0 Å². The van der Waals surface area contributed by atoms with E-state index in [0.717, 1.165) is 27.9 Å². The number of nitrogens with two attached hydrogens (primary N) is 1. The maximum atomic E-state index is 11.3. The summed E-state index contributed by atoms with van der Waals surface area (Å²) < 4.78 is 0. The summed E-state index contributed by atoms with van der Waals surface area (Å²) in [5.41, 5.74) is 12.0. The molecule has 162 valence electrons. The highest BCUT2D eigenvalue weighted by Gasteiger charge is 2.08. The molecule has 6 heteroatoms. The second-order valence-electron chi connectivity index (χ2n) is 7.02. The van der Waals surface area contributed by atoms with Crippen LogP contribution in [-0.2, 0) is 11.3 Å². The molecule has 0 saturated heterocycles. The highest BCUT2D eigenvalue weighted by Crippen LogP contribution is 2.28. The van der Waals surface area contributed by atoms with E-state index in [4.69, 9.17) is 5.73 Å². The van der Waals surface area contributed by atoms with Crippen molar-refractivity contribution in [3.8, 4) is 11.1 Å². The topological polar surface area (TPSA) is 92.4 Å². The zero-order valence-electron chi connectivity index (χ0n) is 17.9. The molecule has 1 aromatic heterocycles.